The zero-order valence-electron chi connectivity index (χ0n) is 21.9. The van der Waals surface area contributed by atoms with Gasteiger partial charge in [-0.15, -0.1) is 0 Å². The Morgan fingerprint density at radius 3 is 2.31 bits per heavy atom. The molecule has 0 aromatic heterocycles. The molecule has 6 nitrogen and oxygen atoms in total. The lowest BCUT2D eigenvalue weighted by atomic mass is 9.73. The largest absolute Gasteiger partial charge is 0.471 e. The number of aliphatic hydroxyl groups is 1. The van der Waals surface area contributed by atoms with Gasteiger partial charge >= 0.3 is 18.3 Å². The maximum atomic E-state index is 14.0. The minimum Gasteiger partial charge on any atom is -0.381 e. The van der Waals surface area contributed by atoms with E-state index in [4.69, 9.17) is 4.74 Å². The van der Waals surface area contributed by atoms with E-state index in [1.54, 1.807) is 4.90 Å². The number of hydrogen-bond acceptors (Lipinski definition) is 4. The second-order valence-corrected chi connectivity index (χ2v) is 11.2. The summed E-state index contributed by atoms with van der Waals surface area (Å²) in [6.07, 6.45) is -10.9. The third kappa shape index (κ3) is 5.91. The van der Waals surface area contributed by atoms with E-state index in [2.05, 4.69) is 0 Å². The smallest absolute Gasteiger partial charge is 0.381 e. The average molecular weight is 565 g/mol. The van der Waals surface area contributed by atoms with E-state index in [0.29, 0.717) is 24.9 Å². The molecule has 2 amide bonds. The van der Waals surface area contributed by atoms with E-state index in [-0.39, 0.29) is 62.8 Å². The van der Waals surface area contributed by atoms with Crippen LogP contribution in [0.25, 0.3) is 0 Å². The third-order valence-corrected chi connectivity index (χ3v) is 8.66. The molecule has 1 aromatic carbocycles. The second-order valence-electron chi connectivity index (χ2n) is 11.2. The number of carbonyl (C=O) groups is 2. The van der Waals surface area contributed by atoms with E-state index >= 15 is 0 Å². The molecule has 2 aliphatic heterocycles. The third-order valence-electron chi connectivity index (χ3n) is 8.66. The van der Waals surface area contributed by atoms with Gasteiger partial charge in [0.25, 0.3) is 0 Å². The summed E-state index contributed by atoms with van der Waals surface area (Å²) in [5.41, 5.74) is -0.0464. The van der Waals surface area contributed by atoms with Crippen molar-refractivity contribution in [2.24, 2.45) is 11.3 Å². The lowest BCUT2D eigenvalue weighted by Crippen LogP contribution is -2.54. The first-order valence-corrected chi connectivity index (χ1v) is 13.3. The highest BCUT2D eigenvalue weighted by molar-refractivity contribution is 5.85. The van der Waals surface area contributed by atoms with Crippen LogP contribution < -0.4 is 0 Å². The maximum Gasteiger partial charge on any atom is 0.471 e. The average Bonchev–Trinajstić information content (AvgIpc) is 3.33. The Hall–Kier alpha value is -2.34. The molecule has 4 rings (SSSR count). The van der Waals surface area contributed by atoms with Crippen LogP contribution >= 0.6 is 0 Å². The Kier molecular flexibility index (Phi) is 8.29. The fraction of sp³-hybridized carbons (Fsp3) is 0.704. The molecule has 12 heteroatoms. The Morgan fingerprint density at radius 2 is 1.72 bits per heavy atom. The quantitative estimate of drug-likeness (QED) is 0.515. The van der Waals surface area contributed by atoms with Gasteiger partial charge in [0.15, 0.2) is 6.10 Å². The topological polar surface area (TPSA) is 70.1 Å². The van der Waals surface area contributed by atoms with Crippen molar-refractivity contribution < 1.29 is 45.8 Å². The Morgan fingerprint density at radius 1 is 1.05 bits per heavy atom. The standard InChI is InChI=1S/C27H34F6N2O4/c1-16(2)25(9-5-21(14-25)35(24(38)27(31,32)33)20-7-11-39-12-8-20)23(37)34-10-6-17-3-4-18(13-19(17)15-34)22(36)26(28,29)30/h3-4,13,16,20-22,36H,5-12,14-15H2,1-2H3/t21?,22?,25-/m0/s1. The number of benzene rings is 1. The van der Waals surface area contributed by atoms with Crippen LogP contribution in [0.15, 0.2) is 18.2 Å². The van der Waals surface area contributed by atoms with Gasteiger partial charge in [-0.05, 0) is 61.1 Å². The van der Waals surface area contributed by atoms with Crippen LogP contribution in [0.1, 0.15) is 68.7 Å². The van der Waals surface area contributed by atoms with Gasteiger partial charge < -0.3 is 19.6 Å². The zero-order valence-corrected chi connectivity index (χ0v) is 21.9. The first-order valence-electron chi connectivity index (χ1n) is 13.3. The molecule has 1 aromatic rings. The minimum absolute atomic E-state index is 0.0386. The molecule has 2 fully saturated rings. The van der Waals surface area contributed by atoms with Crippen LogP contribution in [0.2, 0.25) is 0 Å². The molecule has 0 radical (unpaired) electrons. The predicted octanol–water partition coefficient (Wildman–Crippen LogP) is 4.93. The van der Waals surface area contributed by atoms with Crippen molar-refractivity contribution in [1.29, 1.82) is 0 Å². The van der Waals surface area contributed by atoms with Crippen molar-refractivity contribution >= 4 is 11.8 Å². The number of halogens is 6. The molecule has 39 heavy (non-hydrogen) atoms. The number of alkyl halides is 6. The highest BCUT2D eigenvalue weighted by Crippen LogP contribution is 2.49. The van der Waals surface area contributed by atoms with E-state index in [0.717, 1.165) is 10.5 Å². The molecule has 2 unspecified atom stereocenters. The van der Waals surface area contributed by atoms with Gasteiger partial charge in [0.1, 0.15) is 0 Å². The van der Waals surface area contributed by atoms with Crippen molar-refractivity contribution in [3.05, 3.63) is 34.9 Å². The zero-order chi connectivity index (χ0) is 28.8. The maximum absolute atomic E-state index is 14.0. The lowest BCUT2D eigenvalue weighted by Gasteiger charge is -2.42. The summed E-state index contributed by atoms with van der Waals surface area (Å²) in [5.74, 6) is -2.40. The molecule has 3 aliphatic rings. The fourth-order valence-corrected chi connectivity index (χ4v) is 6.42. The minimum atomic E-state index is -5.04. The van der Waals surface area contributed by atoms with Crippen LogP contribution in [0.5, 0.6) is 0 Å². The number of rotatable bonds is 5. The van der Waals surface area contributed by atoms with Crippen LogP contribution in [0.4, 0.5) is 26.3 Å². The fourth-order valence-electron chi connectivity index (χ4n) is 6.42. The van der Waals surface area contributed by atoms with Gasteiger partial charge in [0, 0.05) is 38.4 Å². The van der Waals surface area contributed by atoms with Crippen LogP contribution in [-0.2, 0) is 27.3 Å². The summed E-state index contributed by atoms with van der Waals surface area (Å²) in [4.78, 5) is 29.1. The number of aliphatic hydroxyl groups excluding tert-OH is 1. The van der Waals surface area contributed by atoms with E-state index in [9.17, 15) is 41.0 Å². The first-order chi connectivity index (χ1) is 18.1. The molecule has 0 bridgehead atoms. The summed E-state index contributed by atoms with van der Waals surface area (Å²) in [7, 11) is 0. The van der Waals surface area contributed by atoms with Gasteiger partial charge in [-0.2, -0.15) is 26.3 Å². The number of ether oxygens (including phenoxy) is 1. The molecule has 2 heterocycles. The normalized spacial score (nSPS) is 25.5. The number of hydrogen-bond donors (Lipinski definition) is 1. The Balaban J connectivity index is 1.57. The number of carbonyl (C=O) groups excluding carboxylic acids is 2. The SMILES string of the molecule is CC(C)[C@]1(C(=O)N2CCc3ccc(C(O)C(F)(F)F)cc3C2)CCC(N(C(=O)C(F)(F)F)C2CCOCC2)C1. The summed E-state index contributed by atoms with van der Waals surface area (Å²) >= 11 is 0. The number of amides is 2. The molecule has 1 saturated carbocycles. The predicted molar refractivity (Wildman–Crippen MR) is 128 cm³/mol. The van der Waals surface area contributed by atoms with Crippen molar-refractivity contribution in [1.82, 2.24) is 9.80 Å². The van der Waals surface area contributed by atoms with E-state index in [1.165, 1.54) is 18.2 Å². The summed E-state index contributed by atoms with van der Waals surface area (Å²) in [5, 5.41) is 9.69. The Labute approximate surface area is 223 Å². The summed E-state index contributed by atoms with van der Waals surface area (Å²) in [6.45, 7) is 4.53. The van der Waals surface area contributed by atoms with Crippen molar-refractivity contribution in [3.8, 4) is 0 Å². The van der Waals surface area contributed by atoms with E-state index < -0.39 is 41.9 Å². The second kappa shape index (κ2) is 10.9. The van der Waals surface area contributed by atoms with Crippen LogP contribution in [0, 0.1) is 11.3 Å². The van der Waals surface area contributed by atoms with Crippen LogP contribution in [0.3, 0.4) is 0 Å². The van der Waals surface area contributed by atoms with Gasteiger partial charge in [-0.3, -0.25) is 9.59 Å². The molecule has 1 aliphatic carbocycles. The van der Waals surface area contributed by atoms with Gasteiger partial charge in [-0.1, -0.05) is 32.0 Å². The first kappa shape index (κ1) is 29.6. The molecular weight excluding hydrogens is 530 g/mol. The molecule has 0 spiro atoms. The van der Waals surface area contributed by atoms with Crippen molar-refractivity contribution in [2.75, 3.05) is 19.8 Å². The van der Waals surface area contributed by atoms with Gasteiger partial charge in [0.05, 0.1) is 5.41 Å². The van der Waals surface area contributed by atoms with Crippen molar-refractivity contribution in [2.45, 2.75) is 89.5 Å². The monoisotopic (exact) mass is 564 g/mol. The molecule has 218 valence electrons. The van der Waals surface area contributed by atoms with E-state index in [1.807, 2.05) is 13.8 Å². The number of nitrogens with zero attached hydrogens (tertiary/aromatic N) is 2. The molecule has 3 atom stereocenters. The number of fused-ring (bicyclic) bond motifs is 1. The molecular formula is C27H34F6N2O4. The van der Waals surface area contributed by atoms with Crippen molar-refractivity contribution in [3.63, 3.8) is 0 Å². The highest BCUT2D eigenvalue weighted by Gasteiger charge is 2.55. The van der Waals surface area contributed by atoms with Gasteiger partial charge in [-0.25, -0.2) is 0 Å². The molecule has 1 N–H and O–H groups in total. The highest BCUT2D eigenvalue weighted by atomic mass is 19.4. The Bertz CT molecular complexity index is 1070. The summed E-state index contributed by atoms with van der Waals surface area (Å²) in [6, 6.07) is 2.63. The molecule has 1 saturated heterocycles. The summed E-state index contributed by atoms with van der Waals surface area (Å²) < 4.78 is 85.4. The van der Waals surface area contributed by atoms with Gasteiger partial charge in [0.2, 0.25) is 5.91 Å². The van der Waals surface area contributed by atoms with Crippen LogP contribution in [-0.4, -0.2) is 70.9 Å². The lowest BCUT2D eigenvalue weighted by molar-refractivity contribution is -0.206.